The highest BCUT2D eigenvalue weighted by Gasteiger charge is 2.29. The van der Waals surface area contributed by atoms with E-state index in [1.54, 1.807) is 15.6 Å². The SMILES string of the molecule is Cc1cc(C)n2ncc(C(=O)N3CCC(C(=O)NCc4ccccc4)CC3)c2n1. The topological polar surface area (TPSA) is 79.6 Å². The number of benzene rings is 1. The van der Waals surface area contributed by atoms with Crippen LogP contribution in [0.1, 0.15) is 40.2 Å². The van der Waals surface area contributed by atoms with E-state index in [1.165, 1.54) is 0 Å². The lowest BCUT2D eigenvalue weighted by molar-refractivity contribution is -0.126. The summed E-state index contributed by atoms with van der Waals surface area (Å²) in [6, 6.07) is 11.8. The molecule has 0 spiro atoms. The molecule has 0 bridgehead atoms. The van der Waals surface area contributed by atoms with E-state index in [4.69, 9.17) is 0 Å². The van der Waals surface area contributed by atoms with Gasteiger partial charge in [-0.3, -0.25) is 9.59 Å². The van der Waals surface area contributed by atoms with E-state index >= 15 is 0 Å². The predicted octanol–water partition coefficient (Wildman–Crippen LogP) is 2.51. The summed E-state index contributed by atoms with van der Waals surface area (Å²) >= 11 is 0. The van der Waals surface area contributed by atoms with Crippen LogP contribution in [0, 0.1) is 19.8 Å². The number of rotatable bonds is 4. The number of carbonyl (C=O) groups excluding carboxylic acids is 2. The molecule has 1 aromatic carbocycles. The lowest BCUT2D eigenvalue weighted by Crippen LogP contribution is -2.43. The zero-order valence-electron chi connectivity index (χ0n) is 16.8. The highest BCUT2D eigenvalue weighted by molar-refractivity contribution is 5.99. The van der Waals surface area contributed by atoms with Crippen molar-refractivity contribution in [1.82, 2.24) is 24.8 Å². The van der Waals surface area contributed by atoms with Crippen LogP contribution in [-0.2, 0) is 11.3 Å². The van der Waals surface area contributed by atoms with Crippen molar-refractivity contribution in [3.63, 3.8) is 0 Å². The standard InChI is InChI=1S/C22H25N5O2/c1-15-12-16(2)27-20(25-15)19(14-24-27)22(29)26-10-8-18(9-11-26)21(28)23-13-17-6-4-3-5-7-17/h3-7,12,14,18H,8-11,13H2,1-2H3,(H,23,28). The molecule has 3 aromatic rings. The van der Waals surface area contributed by atoms with Crippen molar-refractivity contribution in [2.75, 3.05) is 13.1 Å². The maximum Gasteiger partial charge on any atom is 0.259 e. The van der Waals surface area contributed by atoms with Gasteiger partial charge in [-0.2, -0.15) is 5.10 Å². The summed E-state index contributed by atoms with van der Waals surface area (Å²) in [4.78, 5) is 31.8. The van der Waals surface area contributed by atoms with Gasteiger partial charge in [0.15, 0.2) is 5.65 Å². The second-order valence-corrected chi connectivity index (χ2v) is 7.60. The third-order valence-corrected chi connectivity index (χ3v) is 5.47. The molecule has 1 N–H and O–H groups in total. The van der Waals surface area contributed by atoms with Crippen LogP contribution in [0.4, 0.5) is 0 Å². The molecule has 29 heavy (non-hydrogen) atoms. The van der Waals surface area contributed by atoms with Crippen molar-refractivity contribution in [3.05, 3.63) is 65.1 Å². The predicted molar refractivity (Wildman–Crippen MR) is 109 cm³/mol. The van der Waals surface area contributed by atoms with E-state index in [-0.39, 0.29) is 17.7 Å². The molecule has 0 aliphatic carbocycles. The van der Waals surface area contributed by atoms with E-state index in [9.17, 15) is 9.59 Å². The summed E-state index contributed by atoms with van der Waals surface area (Å²) in [6.07, 6.45) is 2.92. The van der Waals surface area contributed by atoms with Crippen LogP contribution in [-0.4, -0.2) is 44.4 Å². The molecule has 7 heteroatoms. The van der Waals surface area contributed by atoms with E-state index in [1.807, 2.05) is 50.2 Å². The molecule has 0 atom stereocenters. The number of carbonyl (C=O) groups is 2. The number of nitrogens with zero attached hydrogens (tertiary/aromatic N) is 4. The number of hydrogen-bond donors (Lipinski definition) is 1. The third kappa shape index (κ3) is 3.99. The van der Waals surface area contributed by atoms with Gasteiger partial charge in [0.05, 0.1) is 6.20 Å². The molecule has 1 aliphatic rings. The van der Waals surface area contributed by atoms with Crippen molar-refractivity contribution >= 4 is 17.5 Å². The molecular weight excluding hydrogens is 366 g/mol. The average Bonchev–Trinajstić information content (AvgIpc) is 3.16. The summed E-state index contributed by atoms with van der Waals surface area (Å²) in [6.45, 7) is 5.51. The Kier molecular flexibility index (Phi) is 5.29. The van der Waals surface area contributed by atoms with Crippen LogP contribution < -0.4 is 5.32 Å². The minimum atomic E-state index is -0.0688. The van der Waals surface area contributed by atoms with Gasteiger partial charge < -0.3 is 10.2 Å². The second-order valence-electron chi connectivity index (χ2n) is 7.60. The van der Waals surface area contributed by atoms with Gasteiger partial charge in [-0.1, -0.05) is 30.3 Å². The van der Waals surface area contributed by atoms with E-state index < -0.39 is 0 Å². The fourth-order valence-corrected chi connectivity index (χ4v) is 3.87. The second kappa shape index (κ2) is 8.03. The highest BCUT2D eigenvalue weighted by Crippen LogP contribution is 2.21. The van der Waals surface area contributed by atoms with Gasteiger partial charge >= 0.3 is 0 Å². The summed E-state index contributed by atoms with van der Waals surface area (Å²) in [5.41, 5.74) is 4.00. The van der Waals surface area contributed by atoms with Crippen molar-refractivity contribution < 1.29 is 9.59 Å². The first-order chi connectivity index (χ1) is 14.0. The van der Waals surface area contributed by atoms with Gasteiger partial charge in [0.1, 0.15) is 5.56 Å². The highest BCUT2D eigenvalue weighted by atomic mass is 16.2. The zero-order valence-corrected chi connectivity index (χ0v) is 16.8. The van der Waals surface area contributed by atoms with Crippen LogP contribution in [0.15, 0.2) is 42.6 Å². The third-order valence-electron chi connectivity index (χ3n) is 5.47. The molecule has 0 unspecified atom stereocenters. The zero-order chi connectivity index (χ0) is 20.4. The van der Waals surface area contributed by atoms with Crippen LogP contribution in [0.5, 0.6) is 0 Å². The Labute approximate surface area is 169 Å². The van der Waals surface area contributed by atoms with E-state index in [0.29, 0.717) is 43.7 Å². The average molecular weight is 391 g/mol. The molecule has 2 aromatic heterocycles. The number of aromatic nitrogens is 3. The molecule has 1 saturated heterocycles. The molecular formula is C22H25N5O2. The summed E-state index contributed by atoms with van der Waals surface area (Å²) in [5.74, 6) is -0.0697. The van der Waals surface area contributed by atoms with Crippen LogP contribution >= 0.6 is 0 Å². The van der Waals surface area contributed by atoms with Crippen LogP contribution in [0.3, 0.4) is 0 Å². The van der Waals surface area contributed by atoms with Gasteiger partial charge in [0, 0.05) is 36.9 Å². The van der Waals surface area contributed by atoms with Crippen LogP contribution in [0.25, 0.3) is 5.65 Å². The Balaban J connectivity index is 1.37. The summed E-state index contributed by atoms with van der Waals surface area (Å²) in [5, 5.41) is 7.33. The Morgan fingerprint density at radius 3 is 2.59 bits per heavy atom. The molecule has 1 fully saturated rings. The van der Waals surface area contributed by atoms with Crippen molar-refractivity contribution in [3.8, 4) is 0 Å². The lowest BCUT2D eigenvalue weighted by Gasteiger charge is -2.31. The number of amides is 2. The molecule has 2 amide bonds. The number of nitrogens with one attached hydrogen (secondary N) is 1. The number of piperidine rings is 1. The molecule has 1 aliphatic heterocycles. The van der Waals surface area contributed by atoms with Crippen molar-refractivity contribution in [2.24, 2.45) is 5.92 Å². The normalized spacial score (nSPS) is 14.9. The monoisotopic (exact) mass is 391 g/mol. The number of fused-ring (bicyclic) bond motifs is 1. The molecule has 0 radical (unpaired) electrons. The molecule has 3 heterocycles. The first-order valence-electron chi connectivity index (χ1n) is 9.96. The Morgan fingerprint density at radius 1 is 1.14 bits per heavy atom. The fourth-order valence-electron chi connectivity index (χ4n) is 3.87. The summed E-state index contributed by atoms with van der Waals surface area (Å²) in [7, 11) is 0. The summed E-state index contributed by atoms with van der Waals surface area (Å²) < 4.78 is 1.70. The van der Waals surface area contributed by atoms with E-state index in [0.717, 1.165) is 17.0 Å². The van der Waals surface area contributed by atoms with E-state index in [2.05, 4.69) is 15.4 Å². The Hall–Kier alpha value is -3.22. The van der Waals surface area contributed by atoms with Gasteiger partial charge in [-0.15, -0.1) is 0 Å². The fraction of sp³-hybridized carbons (Fsp3) is 0.364. The minimum absolute atomic E-state index is 0.0600. The molecule has 4 rings (SSSR count). The van der Waals surface area contributed by atoms with Crippen molar-refractivity contribution in [1.29, 1.82) is 0 Å². The molecule has 150 valence electrons. The van der Waals surface area contributed by atoms with Gasteiger partial charge in [-0.05, 0) is 38.3 Å². The maximum absolute atomic E-state index is 13.0. The first-order valence-corrected chi connectivity index (χ1v) is 9.96. The number of likely N-dealkylation sites (tertiary alicyclic amines) is 1. The van der Waals surface area contributed by atoms with Gasteiger partial charge in [-0.25, -0.2) is 9.50 Å². The Bertz CT molecular complexity index is 1040. The number of hydrogen-bond acceptors (Lipinski definition) is 4. The Morgan fingerprint density at radius 2 is 1.86 bits per heavy atom. The first kappa shape index (κ1) is 19.1. The van der Waals surface area contributed by atoms with Gasteiger partial charge in [0.25, 0.3) is 5.91 Å². The largest absolute Gasteiger partial charge is 0.352 e. The maximum atomic E-state index is 13.0. The molecule has 0 saturated carbocycles. The quantitative estimate of drug-likeness (QED) is 0.741. The van der Waals surface area contributed by atoms with Crippen molar-refractivity contribution in [2.45, 2.75) is 33.2 Å². The van der Waals surface area contributed by atoms with Gasteiger partial charge in [0.2, 0.25) is 5.91 Å². The molecule has 7 nitrogen and oxygen atoms in total. The minimum Gasteiger partial charge on any atom is -0.352 e. The van der Waals surface area contributed by atoms with Crippen LogP contribution in [0.2, 0.25) is 0 Å². The smallest absolute Gasteiger partial charge is 0.259 e. The lowest BCUT2D eigenvalue weighted by atomic mass is 9.95. The number of aryl methyl sites for hydroxylation is 2.